The maximum atomic E-state index is 5.52. The van der Waals surface area contributed by atoms with Gasteiger partial charge in [0.25, 0.3) is 0 Å². The molecule has 122 valence electrons. The summed E-state index contributed by atoms with van der Waals surface area (Å²) in [4.78, 5) is 4.26. The molecule has 0 saturated heterocycles. The number of nitrogens with zero attached hydrogens (tertiary/aromatic N) is 1. The number of ether oxygens (including phenoxy) is 1. The SMILES string of the molecule is CCOc1cccc(CNC(=NC)NCc2cccc(C)c2)c1. The van der Waals surface area contributed by atoms with Crippen molar-refractivity contribution in [3.8, 4) is 5.75 Å². The zero-order chi connectivity index (χ0) is 16.5. The molecule has 2 rings (SSSR count). The Bertz CT molecular complexity index is 653. The molecule has 0 aliphatic heterocycles. The van der Waals surface area contributed by atoms with Gasteiger partial charge in [-0.1, -0.05) is 42.0 Å². The van der Waals surface area contributed by atoms with Crippen LogP contribution in [0.2, 0.25) is 0 Å². The van der Waals surface area contributed by atoms with E-state index in [2.05, 4.69) is 52.9 Å². The van der Waals surface area contributed by atoms with Crippen molar-refractivity contribution in [3.63, 3.8) is 0 Å². The number of nitrogens with one attached hydrogen (secondary N) is 2. The first-order valence-electron chi connectivity index (χ1n) is 7.93. The van der Waals surface area contributed by atoms with Crippen molar-refractivity contribution in [1.82, 2.24) is 10.6 Å². The second-order valence-corrected chi connectivity index (χ2v) is 5.35. The van der Waals surface area contributed by atoms with Gasteiger partial charge in [-0.25, -0.2) is 0 Å². The Morgan fingerprint density at radius 1 is 1.00 bits per heavy atom. The fraction of sp³-hybridized carbons (Fsp3) is 0.316. The molecule has 0 heterocycles. The lowest BCUT2D eigenvalue weighted by Crippen LogP contribution is -2.36. The van der Waals surface area contributed by atoms with E-state index in [1.807, 2.05) is 25.1 Å². The number of hydrogen-bond acceptors (Lipinski definition) is 2. The third-order valence-corrected chi connectivity index (χ3v) is 3.44. The van der Waals surface area contributed by atoms with Crippen LogP contribution in [0.15, 0.2) is 53.5 Å². The summed E-state index contributed by atoms with van der Waals surface area (Å²) in [7, 11) is 1.78. The van der Waals surface area contributed by atoms with Crippen LogP contribution in [-0.4, -0.2) is 19.6 Å². The summed E-state index contributed by atoms with van der Waals surface area (Å²) in [6.07, 6.45) is 0. The van der Waals surface area contributed by atoms with Crippen molar-refractivity contribution < 1.29 is 4.74 Å². The van der Waals surface area contributed by atoms with E-state index in [1.54, 1.807) is 7.05 Å². The van der Waals surface area contributed by atoms with Crippen LogP contribution in [0.5, 0.6) is 5.75 Å². The fourth-order valence-corrected chi connectivity index (χ4v) is 2.33. The van der Waals surface area contributed by atoms with Gasteiger partial charge in [-0.3, -0.25) is 4.99 Å². The predicted octanol–water partition coefficient (Wildman–Crippen LogP) is 3.26. The van der Waals surface area contributed by atoms with Gasteiger partial charge in [0.2, 0.25) is 0 Å². The van der Waals surface area contributed by atoms with Gasteiger partial charge in [-0.05, 0) is 37.1 Å². The van der Waals surface area contributed by atoms with Crippen molar-refractivity contribution in [2.75, 3.05) is 13.7 Å². The van der Waals surface area contributed by atoms with Crippen LogP contribution in [0.3, 0.4) is 0 Å². The molecule has 0 unspecified atom stereocenters. The lowest BCUT2D eigenvalue weighted by atomic mass is 10.1. The van der Waals surface area contributed by atoms with Crippen molar-refractivity contribution in [1.29, 1.82) is 0 Å². The maximum absolute atomic E-state index is 5.52. The molecular formula is C19H25N3O. The molecule has 0 spiro atoms. The van der Waals surface area contributed by atoms with Gasteiger partial charge in [0, 0.05) is 20.1 Å². The average molecular weight is 311 g/mol. The van der Waals surface area contributed by atoms with Gasteiger partial charge in [-0.2, -0.15) is 0 Å². The number of guanidine groups is 1. The highest BCUT2D eigenvalue weighted by Gasteiger charge is 2.01. The molecule has 23 heavy (non-hydrogen) atoms. The molecule has 0 bridgehead atoms. The largest absolute Gasteiger partial charge is 0.494 e. The first-order valence-corrected chi connectivity index (χ1v) is 7.93. The molecule has 0 aliphatic rings. The Labute approximate surface area is 138 Å². The Morgan fingerprint density at radius 3 is 2.26 bits per heavy atom. The van der Waals surface area contributed by atoms with Gasteiger partial charge < -0.3 is 15.4 Å². The minimum absolute atomic E-state index is 0.677. The molecule has 0 aromatic heterocycles. The van der Waals surface area contributed by atoms with E-state index in [9.17, 15) is 0 Å². The number of aliphatic imine (C=N–C) groups is 1. The Balaban J connectivity index is 1.86. The van der Waals surface area contributed by atoms with E-state index in [0.717, 1.165) is 23.8 Å². The van der Waals surface area contributed by atoms with Crippen LogP contribution in [-0.2, 0) is 13.1 Å². The number of aryl methyl sites for hydroxylation is 1. The van der Waals surface area contributed by atoms with Crippen LogP contribution >= 0.6 is 0 Å². The van der Waals surface area contributed by atoms with Crippen molar-refractivity contribution in [2.24, 2.45) is 4.99 Å². The fourth-order valence-electron chi connectivity index (χ4n) is 2.33. The smallest absolute Gasteiger partial charge is 0.191 e. The third-order valence-electron chi connectivity index (χ3n) is 3.44. The summed E-state index contributed by atoms with van der Waals surface area (Å²) in [5.74, 6) is 1.68. The quantitative estimate of drug-likeness (QED) is 0.636. The molecule has 2 aromatic rings. The summed E-state index contributed by atoms with van der Waals surface area (Å²) in [6, 6.07) is 16.5. The monoisotopic (exact) mass is 311 g/mol. The number of benzene rings is 2. The topological polar surface area (TPSA) is 45.6 Å². The Morgan fingerprint density at radius 2 is 1.65 bits per heavy atom. The molecule has 0 radical (unpaired) electrons. The van der Waals surface area contributed by atoms with E-state index in [1.165, 1.54) is 11.1 Å². The summed E-state index contributed by atoms with van der Waals surface area (Å²) < 4.78 is 5.52. The molecule has 0 atom stereocenters. The highest BCUT2D eigenvalue weighted by atomic mass is 16.5. The molecule has 0 aliphatic carbocycles. The highest BCUT2D eigenvalue weighted by molar-refractivity contribution is 5.79. The molecule has 0 saturated carbocycles. The van der Waals surface area contributed by atoms with Gasteiger partial charge >= 0.3 is 0 Å². The number of hydrogen-bond donors (Lipinski definition) is 2. The van der Waals surface area contributed by atoms with Crippen LogP contribution < -0.4 is 15.4 Å². The second kappa shape index (κ2) is 8.83. The third kappa shape index (κ3) is 5.66. The summed E-state index contributed by atoms with van der Waals surface area (Å²) >= 11 is 0. The normalized spacial score (nSPS) is 11.2. The summed E-state index contributed by atoms with van der Waals surface area (Å²) in [5.41, 5.74) is 3.67. The van der Waals surface area contributed by atoms with Gasteiger partial charge in [0.15, 0.2) is 5.96 Å². The maximum Gasteiger partial charge on any atom is 0.191 e. The van der Waals surface area contributed by atoms with Crippen LogP contribution in [0.1, 0.15) is 23.6 Å². The summed E-state index contributed by atoms with van der Waals surface area (Å²) in [6.45, 7) is 6.22. The van der Waals surface area contributed by atoms with E-state index in [-0.39, 0.29) is 0 Å². The van der Waals surface area contributed by atoms with Crippen LogP contribution in [0.4, 0.5) is 0 Å². The van der Waals surface area contributed by atoms with Crippen LogP contribution in [0.25, 0.3) is 0 Å². The number of rotatable bonds is 6. The molecular weight excluding hydrogens is 286 g/mol. The van der Waals surface area contributed by atoms with Crippen molar-refractivity contribution in [2.45, 2.75) is 26.9 Å². The molecule has 4 nitrogen and oxygen atoms in total. The van der Waals surface area contributed by atoms with E-state index in [4.69, 9.17) is 4.74 Å². The van der Waals surface area contributed by atoms with E-state index < -0.39 is 0 Å². The molecule has 2 N–H and O–H groups in total. The van der Waals surface area contributed by atoms with Gasteiger partial charge in [0.05, 0.1) is 6.61 Å². The van der Waals surface area contributed by atoms with E-state index >= 15 is 0 Å². The molecule has 0 fully saturated rings. The average Bonchev–Trinajstić information content (AvgIpc) is 2.56. The minimum atomic E-state index is 0.677. The zero-order valence-electron chi connectivity index (χ0n) is 14.1. The molecule has 2 aromatic carbocycles. The Hall–Kier alpha value is -2.49. The second-order valence-electron chi connectivity index (χ2n) is 5.35. The van der Waals surface area contributed by atoms with Crippen molar-refractivity contribution in [3.05, 3.63) is 65.2 Å². The first-order chi connectivity index (χ1) is 11.2. The lowest BCUT2D eigenvalue weighted by molar-refractivity contribution is 0.340. The molecule has 0 amide bonds. The zero-order valence-corrected chi connectivity index (χ0v) is 14.1. The summed E-state index contributed by atoms with van der Waals surface area (Å²) in [5, 5.41) is 6.65. The Kier molecular flexibility index (Phi) is 6.48. The van der Waals surface area contributed by atoms with Gasteiger partial charge in [-0.15, -0.1) is 0 Å². The first kappa shape index (κ1) is 16.9. The highest BCUT2D eigenvalue weighted by Crippen LogP contribution is 2.13. The van der Waals surface area contributed by atoms with Gasteiger partial charge in [0.1, 0.15) is 5.75 Å². The van der Waals surface area contributed by atoms with Crippen LogP contribution in [0, 0.1) is 6.92 Å². The molecule has 4 heteroatoms. The predicted molar refractivity (Wildman–Crippen MR) is 95.8 cm³/mol. The minimum Gasteiger partial charge on any atom is -0.494 e. The van der Waals surface area contributed by atoms with Crippen molar-refractivity contribution >= 4 is 5.96 Å². The standard InChI is InChI=1S/C19H25N3O/c1-4-23-18-10-6-9-17(12-18)14-22-19(20-3)21-13-16-8-5-7-15(2)11-16/h5-12H,4,13-14H2,1-3H3,(H2,20,21,22). The lowest BCUT2D eigenvalue weighted by Gasteiger charge is -2.13. The van der Waals surface area contributed by atoms with E-state index in [0.29, 0.717) is 13.2 Å².